The SMILES string of the molecule is CCc1cc(SCCCc2sc3cc(C(F)(F)F)ccc3c2CC)ccc1OCC(=O)O.Cc1cc(SCCCc2cc3ccc(C(F)(F)F)cc3s2)ccc1OCC(=O)O. The summed E-state index contributed by atoms with van der Waals surface area (Å²) in [6.45, 7) is 5.17. The molecule has 6 nitrogen and oxygen atoms in total. The van der Waals surface area contributed by atoms with Gasteiger partial charge in [0.25, 0.3) is 0 Å². The van der Waals surface area contributed by atoms with Crippen LogP contribution in [0.25, 0.3) is 20.2 Å². The summed E-state index contributed by atoms with van der Waals surface area (Å²) in [5.41, 5.74) is 1.78. The van der Waals surface area contributed by atoms with E-state index in [0.29, 0.717) is 20.9 Å². The van der Waals surface area contributed by atoms with Gasteiger partial charge in [-0.05, 0) is 151 Å². The van der Waals surface area contributed by atoms with Crippen molar-refractivity contribution in [3.63, 3.8) is 0 Å². The number of alkyl halides is 6. The number of benzene rings is 4. The Morgan fingerprint density at radius 2 is 1.23 bits per heavy atom. The van der Waals surface area contributed by atoms with Crippen LogP contribution in [0.1, 0.15) is 64.3 Å². The Kier molecular flexibility index (Phi) is 16.9. The van der Waals surface area contributed by atoms with E-state index in [-0.39, 0.29) is 13.2 Å². The lowest BCUT2D eigenvalue weighted by molar-refractivity contribution is -0.140. The van der Waals surface area contributed by atoms with Crippen LogP contribution in [0.5, 0.6) is 11.5 Å². The van der Waals surface area contributed by atoms with Gasteiger partial charge >= 0.3 is 24.3 Å². The molecular weight excluding hydrogens is 879 g/mol. The first kappa shape index (κ1) is 47.7. The molecule has 0 saturated carbocycles. The summed E-state index contributed by atoms with van der Waals surface area (Å²) in [4.78, 5) is 25.7. The Bertz CT molecular complexity index is 2440. The maximum Gasteiger partial charge on any atom is 0.416 e. The lowest BCUT2D eigenvalue weighted by Crippen LogP contribution is -2.10. The number of carbonyl (C=O) groups is 2. The fraction of sp³-hybridized carbons (Fsp3) is 0.333. The first-order valence-corrected chi connectivity index (χ1v) is 22.9. The third-order valence-corrected chi connectivity index (χ3v) is 13.9. The van der Waals surface area contributed by atoms with E-state index < -0.39 is 35.4 Å². The highest BCUT2D eigenvalue weighted by molar-refractivity contribution is 7.99. The number of halogens is 6. The van der Waals surface area contributed by atoms with Crippen LogP contribution in [0.2, 0.25) is 0 Å². The largest absolute Gasteiger partial charge is 0.482 e. The van der Waals surface area contributed by atoms with Crippen LogP contribution >= 0.6 is 46.2 Å². The van der Waals surface area contributed by atoms with Crippen LogP contribution in [-0.4, -0.2) is 46.9 Å². The minimum Gasteiger partial charge on any atom is -0.482 e. The van der Waals surface area contributed by atoms with E-state index in [1.165, 1.54) is 46.9 Å². The zero-order valence-electron chi connectivity index (χ0n) is 33.5. The summed E-state index contributed by atoms with van der Waals surface area (Å²) in [5.74, 6) is 0.877. The molecule has 2 N–H and O–H groups in total. The molecule has 2 heterocycles. The first-order valence-electron chi connectivity index (χ1n) is 19.3. The van der Waals surface area contributed by atoms with Gasteiger partial charge in [0.1, 0.15) is 11.5 Å². The molecule has 0 spiro atoms. The van der Waals surface area contributed by atoms with Crippen LogP contribution in [-0.2, 0) is 47.6 Å². The number of thioether (sulfide) groups is 2. The van der Waals surface area contributed by atoms with E-state index in [0.717, 1.165) is 103 Å². The van der Waals surface area contributed by atoms with Crippen LogP contribution in [0.4, 0.5) is 26.3 Å². The number of rotatable bonds is 18. The van der Waals surface area contributed by atoms with Gasteiger partial charge in [-0.1, -0.05) is 26.0 Å². The van der Waals surface area contributed by atoms with Crippen molar-refractivity contribution in [1.29, 1.82) is 0 Å². The van der Waals surface area contributed by atoms with Gasteiger partial charge in [0.15, 0.2) is 13.2 Å². The molecule has 2 aromatic heterocycles. The summed E-state index contributed by atoms with van der Waals surface area (Å²) in [6.07, 6.45) is -3.65. The number of aliphatic carboxylic acids is 2. The van der Waals surface area contributed by atoms with Crippen molar-refractivity contribution in [1.82, 2.24) is 0 Å². The predicted octanol–water partition coefficient (Wildman–Crippen LogP) is 13.7. The standard InChI is InChI=1S/C24H25F3O3S2.C21H19F3O3S2/c1-3-15-12-17(8-10-20(15)30-14-23(28)29)31-11-5-6-21-18(4-2)19-9-7-16(24(25,26)27)13-22(19)32-21;1-13-9-16(6-7-18(13)27-12-20(25)26)28-8-2-3-17-10-14-4-5-15(21(22,23)24)11-19(14)29-17/h7-10,12-13H,3-6,11,14H2,1-2H3,(H,28,29);4-7,9-11H,2-3,8,12H2,1H3,(H,25,26). The van der Waals surface area contributed by atoms with Crippen molar-refractivity contribution in [2.24, 2.45) is 0 Å². The molecule has 6 aromatic rings. The number of hydrogen-bond acceptors (Lipinski definition) is 8. The van der Waals surface area contributed by atoms with E-state index >= 15 is 0 Å². The van der Waals surface area contributed by atoms with Crippen molar-refractivity contribution in [2.45, 2.75) is 81.4 Å². The fourth-order valence-electron chi connectivity index (χ4n) is 6.43. The van der Waals surface area contributed by atoms with Crippen molar-refractivity contribution in [2.75, 3.05) is 24.7 Å². The number of carboxylic acid groups (broad SMARTS) is 2. The summed E-state index contributed by atoms with van der Waals surface area (Å²) < 4.78 is 89.5. The van der Waals surface area contributed by atoms with Crippen molar-refractivity contribution in [3.05, 3.63) is 116 Å². The highest BCUT2D eigenvalue weighted by Crippen LogP contribution is 2.39. The highest BCUT2D eigenvalue weighted by Gasteiger charge is 2.31. The molecule has 0 aliphatic heterocycles. The molecule has 16 heteroatoms. The molecular formula is C45H44F6O6S4. The molecule has 0 fully saturated rings. The number of fused-ring (bicyclic) bond motifs is 2. The summed E-state index contributed by atoms with van der Waals surface area (Å²) >= 11 is 6.28. The zero-order valence-corrected chi connectivity index (χ0v) is 36.8. The summed E-state index contributed by atoms with van der Waals surface area (Å²) in [5, 5.41) is 19.2. The molecule has 0 atom stereocenters. The second-order valence-corrected chi connectivity index (χ2v) is 18.5. The molecule has 6 rings (SSSR count). The highest BCUT2D eigenvalue weighted by atomic mass is 32.2. The quantitative estimate of drug-likeness (QED) is 0.0500. The first-order chi connectivity index (χ1) is 28.9. The van der Waals surface area contributed by atoms with Gasteiger partial charge in [-0.25, -0.2) is 9.59 Å². The van der Waals surface area contributed by atoms with E-state index in [9.17, 15) is 35.9 Å². The van der Waals surface area contributed by atoms with Crippen LogP contribution < -0.4 is 9.47 Å². The zero-order chi connectivity index (χ0) is 44.3. The lowest BCUT2D eigenvalue weighted by atomic mass is 10.0. The monoisotopic (exact) mass is 922 g/mol. The van der Waals surface area contributed by atoms with Crippen LogP contribution in [0.3, 0.4) is 0 Å². The van der Waals surface area contributed by atoms with E-state index in [4.69, 9.17) is 19.7 Å². The number of thiophene rings is 2. The molecule has 0 saturated heterocycles. The van der Waals surface area contributed by atoms with Crippen molar-refractivity contribution >= 4 is 78.3 Å². The van der Waals surface area contributed by atoms with Gasteiger partial charge in [0, 0.05) is 28.9 Å². The van der Waals surface area contributed by atoms with Crippen molar-refractivity contribution < 1.29 is 55.6 Å². The second kappa shape index (κ2) is 21.6. The number of hydrogen-bond donors (Lipinski definition) is 2. The Balaban J connectivity index is 0.000000232. The molecule has 0 aliphatic carbocycles. The van der Waals surface area contributed by atoms with E-state index in [1.807, 2.05) is 57.2 Å². The second-order valence-electron chi connectivity index (χ2n) is 13.8. The Morgan fingerprint density at radius 3 is 1.82 bits per heavy atom. The fourth-order valence-corrected chi connectivity index (χ4v) is 10.8. The third kappa shape index (κ3) is 13.8. The Labute approximate surface area is 366 Å². The van der Waals surface area contributed by atoms with Gasteiger partial charge in [-0.2, -0.15) is 26.3 Å². The Morgan fingerprint density at radius 1 is 0.656 bits per heavy atom. The molecule has 4 aromatic carbocycles. The third-order valence-electron chi connectivity index (χ3n) is 9.37. The molecule has 326 valence electrons. The van der Waals surface area contributed by atoms with Gasteiger partial charge in [0.2, 0.25) is 0 Å². The molecule has 0 radical (unpaired) electrons. The number of ether oxygens (including phenoxy) is 2. The van der Waals surface area contributed by atoms with Crippen LogP contribution in [0, 0.1) is 6.92 Å². The van der Waals surface area contributed by atoms with Crippen LogP contribution in [0.15, 0.2) is 88.7 Å². The van der Waals surface area contributed by atoms with E-state index in [2.05, 4.69) is 0 Å². The van der Waals surface area contributed by atoms with Crippen molar-refractivity contribution in [3.8, 4) is 11.5 Å². The normalized spacial score (nSPS) is 11.8. The number of aryl methyl sites for hydroxylation is 5. The topological polar surface area (TPSA) is 93.1 Å². The minimum absolute atomic E-state index is 0.362. The molecule has 61 heavy (non-hydrogen) atoms. The maximum absolute atomic E-state index is 13.0. The summed E-state index contributed by atoms with van der Waals surface area (Å²) in [7, 11) is 0. The lowest BCUT2D eigenvalue weighted by Gasteiger charge is -2.11. The van der Waals surface area contributed by atoms with Gasteiger partial charge in [-0.15, -0.1) is 46.2 Å². The average Bonchev–Trinajstić information content (AvgIpc) is 3.79. The molecule has 0 unspecified atom stereocenters. The average molecular weight is 923 g/mol. The maximum atomic E-state index is 13.0. The van der Waals surface area contributed by atoms with Gasteiger partial charge in [0.05, 0.1) is 11.1 Å². The molecule has 0 aliphatic rings. The van der Waals surface area contributed by atoms with Gasteiger partial charge in [-0.3, -0.25) is 0 Å². The van der Waals surface area contributed by atoms with Gasteiger partial charge < -0.3 is 19.7 Å². The summed E-state index contributed by atoms with van der Waals surface area (Å²) in [6, 6.07) is 21.3. The number of carboxylic acids is 2. The van der Waals surface area contributed by atoms with E-state index in [1.54, 1.807) is 35.7 Å². The Hall–Kier alpha value is -4.38. The smallest absolute Gasteiger partial charge is 0.416 e. The minimum atomic E-state index is -4.33. The molecule has 0 amide bonds. The molecule has 0 bridgehead atoms. The predicted molar refractivity (Wildman–Crippen MR) is 234 cm³/mol.